The van der Waals surface area contributed by atoms with Gasteiger partial charge in [-0.1, -0.05) is 0 Å². The normalized spacial score (nSPS) is 10.0. The molecule has 40 valence electrons. The van der Waals surface area contributed by atoms with Crippen molar-refractivity contribution in [3.05, 3.63) is 0 Å². The van der Waals surface area contributed by atoms with Gasteiger partial charge in [-0.15, -0.1) is 24.0 Å². The Morgan fingerprint density at radius 2 is 0.833 bits per heavy atom. The molecule has 0 saturated carbocycles. The molecule has 0 aromatic carbocycles. The van der Waals surface area contributed by atoms with Gasteiger partial charge in [0.2, 0.25) is 0 Å². The van der Waals surface area contributed by atoms with Gasteiger partial charge in [0.15, 0.2) is 0 Å². The molecule has 0 fully saturated rings. The first kappa shape index (κ1) is 10.6. The van der Waals surface area contributed by atoms with Crippen molar-refractivity contribution >= 4 is 45.1 Å². The summed E-state index contributed by atoms with van der Waals surface area (Å²) in [6.45, 7) is 0. The maximum atomic E-state index is 2.41. The molecule has 0 amide bonds. The molecule has 0 spiro atoms. The maximum absolute atomic E-state index is 2.41. The van der Waals surface area contributed by atoms with Crippen LogP contribution in [0.5, 0.6) is 0 Å². The summed E-state index contributed by atoms with van der Waals surface area (Å²) in [4.78, 5) is 0. The summed E-state index contributed by atoms with van der Waals surface area (Å²) < 4.78 is 9.64. The summed E-state index contributed by atoms with van der Waals surface area (Å²) in [7, 11) is 0. The van der Waals surface area contributed by atoms with E-state index in [0.717, 1.165) is 0 Å². The van der Waals surface area contributed by atoms with Crippen molar-refractivity contribution < 1.29 is 0 Å². The van der Waals surface area contributed by atoms with Gasteiger partial charge in [-0.25, -0.2) is 0 Å². The van der Waals surface area contributed by atoms with E-state index < -0.39 is 21.2 Å². The van der Waals surface area contributed by atoms with Crippen molar-refractivity contribution in [3.63, 3.8) is 0 Å². The van der Waals surface area contributed by atoms with E-state index in [4.69, 9.17) is 0 Å². The third-order valence-electron chi connectivity index (χ3n) is 0. The third-order valence-corrected chi connectivity index (χ3v) is 0. The molecule has 0 saturated heterocycles. The molecule has 2 heteroatoms. The van der Waals surface area contributed by atoms with E-state index in [-0.39, 0.29) is 24.0 Å². The van der Waals surface area contributed by atoms with Gasteiger partial charge in [0.05, 0.1) is 0 Å². The molecule has 0 bridgehead atoms. The molecule has 0 aromatic heterocycles. The van der Waals surface area contributed by atoms with Gasteiger partial charge in [-0.05, 0) is 0 Å². The number of hydrogen-bond acceptors (Lipinski definition) is 0. The quantitative estimate of drug-likeness (QED) is 0.437. The van der Waals surface area contributed by atoms with E-state index in [1.165, 1.54) is 0 Å². The third kappa shape index (κ3) is 44.8. The summed E-state index contributed by atoms with van der Waals surface area (Å²) in [6.07, 6.45) is 0. The first-order valence-electron chi connectivity index (χ1n) is 2.00. The van der Waals surface area contributed by atoms with Crippen LogP contribution in [0.1, 0.15) is 0 Å². The molecule has 0 nitrogen and oxygen atoms in total. The molecule has 0 aliphatic carbocycles. The molecule has 0 aliphatic heterocycles. The Hall–Kier alpha value is 1.65. The Kier molecular flexibility index (Phi) is 6.41. The van der Waals surface area contributed by atoms with Gasteiger partial charge >= 0.3 is 39.1 Å². The van der Waals surface area contributed by atoms with Gasteiger partial charge in [0.25, 0.3) is 0 Å². The molecular weight excluding hydrogens is 382 g/mol. The van der Waals surface area contributed by atoms with E-state index >= 15 is 0 Å². The predicted molar refractivity (Wildman–Crippen MR) is 44.6 cm³/mol. The van der Waals surface area contributed by atoms with Crippen LogP contribution in [0.25, 0.3) is 0 Å². The molecule has 0 rings (SSSR count). The minimum absolute atomic E-state index is 0. The predicted octanol–water partition coefficient (Wildman–Crippen LogP) is 2.57. The van der Waals surface area contributed by atoms with Gasteiger partial charge in [0.1, 0.15) is 0 Å². The van der Waals surface area contributed by atoms with Crippen LogP contribution in [0.4, 0.5) is 0 Å². The SMILES string of the molecule is I.[CH3][Pb]([CH3])([CH3])[CH3]. The molecule has 0 unspecified atom stereocenters. The Labute approximate surface area is 62.4 Å². The van der Waals surface area contributed by atoms with E-state index in [1.807, 2.05) is 0 Å². The molecule has 0 radical (unpaired) electrons. The van der Waals surface area contributed by atoms with Gasteiger partial charge in [-0.2, -0.15) is 0 Å². The van der Waals surface area contributed by atoms with Crippen molar-refractivity contribution in [1.82, 2.24) is 0 Å². The molecule has 0 aromatic rings. The van der Waals surface area contributed by atoms with Crippen LogP contribution in [0.3, 0.4) is 0 Å². The van der Waals surface area contributed by atoms with Crippen molar-refractivity contribution in [2.45, 2.75) is 17.9 Å². The molecule has 0 atom stereocenters. The fourth-order valence-corrected chi connectivity index (χ4v) is 0. The summed E-state index contributed by atoms with van der Waals surface area (Å²) >= 11 is -1.28. The zero-order valence-electron chi connectivity index (χ0n) is 4.91. The summed E-state index contributed by atoms with van der Waals surface area (Å²) in [5.74, 6) is 0. The molecule has 0 heterocycles. The Bertz CT molecular complexity index is 23.0. The topological polar surface area (TPSA) is 0 Å². The standard InChI is InChI=1S/4CH3.HI.Pb/h4*1H3;1H;. The van der Waals surface area contributed by atoms with Crippen LogP contribution in [0.2, 0.25) is 17.9 Å². The van der Waals surface area contributed by atoms with Crippen LogP contribution in [-0.4, -0.2) is 21.2 Å². The van der Waals surface area contributed by atoms with E-state index in [0.29, 0.717) is 0 Å². The summed E-state index contributed by atoms with van der Waals surface area (Å²) in [5, 5.41) is 0. The summed E-state index contributed by atoms with van der Waals surface area (Å²) in [5.41, 5.74) is 0. The molecule has 0 aliphatic rings. The molecule has 0 N–H and O–H groups in total. The van der Waals surface area contributed by atoms with Crippen LogP contribution in [-0.2, 0) is 0 Å². The Balaban J connectivity index is 0. The number of hydrogen-bond donors (Lipinski definition) is 0. The fraction of sp³-hybridized carbons (Fsp3) is 1.00. The zero-order chi connectivity index (χ0) is 4.50. The number of rotatable bonds is 0. The Morgan fingerprint density at radius 3 is 0.833 bits per heavy atom. The van der Waals surface area contributed by atoms with Crippen molar-refractivity contribution in [2.75, 3.05) is 0 Å². The molecular formula is C4H13IPb. The average molecular weight is 395 g/mol. The monoisotopic (exact) mass is 396 g/mol. The van der Waals surface area contributed by atoms with E-state index in [9.17, 15) is 0 Å². The first-order chi connectivity index (χ1) is 2.00. The van der Waals surface area contributed by atoms with Crippen LogP contribution in [0.15, 0.2) is 0 Å². The van der Waals surface area contributed by atoms with E-state index in [1.54, 1.807) is 0 Å². The average Bonchev–Trinajstić information content (AvgIpc) is 0.722. The van der Waals surface area contributed by atoms with E-state index in [2.05, 4.69) is 17.9 Å². The van der Waals surface area contributed by atoms with Gasteiger partial charge < -0.3 is 0 Å². The van der Waals surface area contributed by atoms with Crippen LogP contribution in [0, 0.1) is 0 Å². The minimum atomic E-state index is -1.28. The van der Waals surface area contributed by atoms with Crippen molar-refractivity contribution in [2.24, 2.45) is 0 Å². The second kappa shape index (κ2) is 3.63. The second-order valence-corrected chi connectivity index (χ2v) is 26.3. The van der Waals surface area contributed by atoms with Crippen LogP contribution < -0.4 is 0 Å². The first-order valence-corrected chi connectivity index (χ1v) is 17.5. The second-order valence-electron chi connectivity index (χ2n) is 3.00. The van der Waals surface area contributed by atoms with Crippen LogP contribution >= 0.6 is 24.0 Å². The van der Waals surface area contributed by atoms with Crippen molar-refractivity contribution in [3.8, 4) is 0 Å². The zero-order valence-corrected chi connectivity index (χ0v) is 11.1. The fourth-order valence-electron chi connectivity index (χ4n) is 0. The number of halogens is 1. The Morgan fingerprint density at radius 1 is 0.833 bits per heavy atom. The molecule has 6 heavy (non-hydrogen) atoms. The van der Waals surface area contributed by atoms with Gasteiger partial charge in [0, 0.05) is 0 Å². The summed E-state index contributed by atoms with van der Waals surface area (Å²) in [6, 6.07) is 0. The van der Waals surface area contributed by atoms with Crippen molar-refractivity contribution in [1.29, 1.82) is 0 Å². The van der Waals surface area contributed by atoms with Gasteiger partial charge in [-0.3, -0.25) is 0 Å².